The fourth-order valence-corrected chi connectivity index (χ4v) is 1.96. The summed E-state index contributed by atoms with van der Waals surface area (Å²) in [7, 11) is 0. The van der Waals surface area contributed by atoms with E-state index < -0.39 is 23.6 Å². The van der Waals surface area contributed by atoms with Crippen LogP contribution >= 0.6 is 0 Å². The zero-order valence-corrected chi connectivity index (χ0v) is 13.4. The molecule has 0 saturated carbocycles. The quantitative estimate of drug-likeness (QED) is 0.321. The molecule has 0 spiro atoms. The number of amides is 1. The summed E-state index contributed by atoms with van der Waals surface area (Å²) in [6.07, 6.45) is 3.49. The summed E-state index contributed by atoms with van der Waals surface area (Å²) in [4.78, 5) is 44.5. The number of anilines is 1. The second-order valence-corrected chi connectivity index (χ2v) is 5.19. The summed E-state index contributed by atoms with van der Waals surface area (Å²) < 4.78 is 0. The Morgan fingerprint density at radius 2 is 1.73 bits per heavy atom. The largest absolute Gasteiger partial charge is 0.481 e. The molecule has 1 aromatic carbocycles. The van der Waals surface area contributed by atoms with Gasteiger partial charge in [0, 0.05) is 12.1 Å². The van der Waals surface area contributed by atoms with Crippen molar-refractivity contribution < 1.29 is 29.4 Å². The lowest BCUT2D eigenvalue weighted by atomic mass is 10.0. The lowest BCUT2D eigenvalue weighted by Crippen LogP contribution is -2.25. The third-order valence-corrected chi connectivity index (χ3v) is 3.28. The highest BCUT2D eigenvalue weighted by molar-refractivity contribution is 6.29. The molecule has 1 aliphatic carbocycles. The molecule has 26 heavy (non-hydrogen) atoms. The highest BCUT2D eigenvalue weighted by Gasteiger charge is 2.18. The number of ketones is 1. The molecule has 0 fully saturated rings. The van der Waals surface area contributed by atoms with Crippen LogP contribution < -0.4 is 10.7 Å². The van der Waals surface area contributed by atoms with Gasteiger partial charge in [-0.3, -0.25) is 19.8 Å². The van der Waals surface area contributed by atoms with Gasteiger partial charge in [0.05, 0.1) is 17.8 Å². The molecule has 0 aromatic heterocycles. The van der Waals surface area contributed by atoms with Gasteiger partial charge in [-0.1, -0.05) is 0 Å². The second kappa shape index (κ2) is 8.38. The van der Waals surface area contributed by atoms with E-state index in [9.17, 15) is 19.2 Å². The van der Waals surface area contributed by atoms with E-state index in [4.69, 9.17) is 10.2 Å². The highest BCUT2D eigenvalue weighted by Crippen LogP contribution is 2.11. The molecule has 0 bridgehead atoms. The van der Waals surface area contributed by atoms with Gasteiger partial charge >= 0.3 is 11.9 Å². The number of hydrogen-bond donors (Lipinski definition) is 4. The monoisotopic (exact) mass is 357 g/mol. The zero-order valence-electron chi connectivity index (χ0n) is 13.4. The first kappa shape index (κ1) is 18.6. The normalized spacial score (nSPS) is 14.7. The lowest BCUT2D eigenvalue weighted by Gasteiger charge is -2.07. The fraction of sp³-hybridized carbons (Fsp3) is 0.118. The molecule has 0 heterocycles. The minimum absolute atomic E-state index is 0.0329. The molecule has 0 atom stereocenters. The molecule has 0 saturated heterocycles. The molecule has 1 aromatic rings. The van der Waals surface area contributed by atoms with E-state index in [1.165, 1.54) is 18.2 Å². The first-order valence-electron chi connectivity index (χ1n) is 7.48. The summed E-state index contributed by atoms with van der Waals surface area (Å²) >= 11 is 0. The van der Waals surface area contributed by atoms with E-state index >= 15 is 0 Å². The van der Waals surface area contributed by atoms with Crippen molar-refractivity contribution in [1.82, 2.24) is 5.32 Å². The van der Waals surface area contributed by atoms with E-state index in [0.717, 1.165) is 12.2 Å². The van der Waals surface area contributed by atoms with Crippen LogP contribution in [0.2, 0.25) is 0 Å². The van der Waals surface area contributed by atoms with Crippen molar-refractivity contribution in [2.75, 3.05) is 12.0 Å². The number of carboxylic acids is 2. The van der Waals surface area contributed by atoms with Crippen LogP contribution in [-0.2, 0) is 14.4 Å². The molecule has 134 valence electrons. The molecular weight excluding hydrogens is 342 g/mol. The predicted octanol–water partition coefficient (Wildman–Crippen LogP) is 0.809. The number of carboxylic acid groups (broad SMARTS) is 2. The van der Waals surface area contributed by atoms with Crippen LogP contribution in [-0.4, -0.2) is 46.1 Å². The smallest absolute Gasteiger partial charge is 0.339 e. The number of hydrogen-bond acceptors (Lipinski definition) is 6. The molecule has 0 aliphatic heterocycles. The molecular formula is C17H15N3O6. The number of nitrogens with one attached hydrogen (secondary N) is 2. The summed E-state index contributed by atoms with van der Waals surface area (Å²) in [6.45, 7) is 0.0329. The Kier molecular flexibility index (Phi) is 5.99. The van der Waals surface area contributed by atoms with E-state index in [1.54, 1.807) is 12.1 Å². The van der Waals surface area contributed by atoms with Crippen LogP contribution in [0.25, 0.3) is 0 Å². The Labute approximate surface area is 147 Å². The van der Waals surface area contributed by atoms with Gasteiger partial charge in [0.25, 0.3) is 5.91 Å². The third kappa shape index (κ3) is 5.13. The minimum atomic E-state index is -1.33. The van der Waals surface area contributed by atoms with Gasteiger partial charge in [-0.25, -0.2) is 4.79 Å². The van der Waals surface area contributed by atoms with E-state index in [2.05, 4.69) is 15.8 Å². The van der Waals surface area contributed by atoms with Crippen molar-refractivity contribution in [2.45, 2.75) is 6.42 Å². The van der Waals surface area contributed by atoms with Crippen LogP contribution in [0, 0.1) is 0 Å². The van der Waals surface area contributed by atoms with Crippen LogP contribution in [0.1, 0.15) is 16.8 Å². The number of nitrogens with zero attached hydrogens (tertiary/aromatic N) is 1. The molecule has 0 unspecified atom stereocenters. The van der Waals surface area contributed by atoms with Gasteiger partial charge < -0.3 is 15.5 Å². The summed E-state index contributed by atoms with van der Waals surface area (Å²) in [6, 6.07) is 6.21. The molecule has 0 radical (unpaired) electrons. The van der Waals surface area contributed by atoms with Gasteiger partial charge in [0.15, 0.2) is 5.78 Å². The van der Waals surface area contributed by atoms with Crippen molar-refractivity contribution in [3.05, 3.63) is 53.6 Å². The number of hydrazone groups is 1. The van der Waals surface area contributed by atoms with E-state index in [-0.39, 0.29) is 24.3 Å². The van der Waals surface area contributed by atoms with Crippen LogP contribution in [0.3, 0.4) is 0 Å². The maximum Gasteiger partial charge on any atom is 0.339 e. The summed E-state index contributed by atoms with van der Waals surface area (Å²) in [5.41, 5.74) is 3.47. The second-order valence-electron chi connectivity index (χ2n) is 5.19. The molecule has 9 heteroatoms. The Balaban J connectivity index is 1.98. The fourth-order valence-electron chi connectivity index (χ4n) is 1.96. The highest BCUT2D eigenvalue weighted by atomic mass is 16.4. The van der Waals surface area contributed by atoms with Crippen LogP contribution in [0.15, 0.2) is 53.2 Å². The standard InChI is InChI=1S/C17H15N3O6/c21-14-6-5-12(9-13(14)17(25)26)20-19-11-3-1-10(2-4-11)16(24)18-8-7-15(22)23/h1-6,9,19H,7-8H2,(H,18,24)(H,22,23)(H,25,26). The van der Waals surface area contributed by atoms with Crippen molar-refractivity contribution >= 4 is 35.0 Å². The van der Waals surface area contributed by atoms with Gasteiger partial charge in [0.2, 0.25) is 0 Å². The Bertz CT molecular complexity index is 837. The number of carbonyl (C=O) groups excluding carboxylic acids is 2. The summed E-state index contributed by atoms with van der Waals surface area (Å²) in [5, 5.41) is 23.9. The van der Waals surface area contributed by atoms with Gasteiger partial charge in [-0.2, -0.15) is 5.10 Å². The number of carbonyl (C=O) groups is 4. The Morgan fingerprint density at radius 1 is 1.04 bits per heavy atom. The van der Waals surface area contributed by atoms with Gasteiger partial charge in [0.1, 0.15) is 5.57 Å². The SMILES string of the molecule is O=C(O)CCNC(=O)c1ccc(NN=C2C=CC(=O)C(C(=O)O)=C2)cc1. The van der Waals surface area contributed by atoms with Crippen LogP contribution in [0.5, 0.6) is 0 Å². The van der Waals surface area contributed by atoms with Crippen molar-refractivity contribution in [3.63, 3.8) is 0 Å². The maximum atomic E-state index is 11.8. The number of benzene rings is 1. The molecule has 2 rings (SSSR count). The Hall–Kier alpha value is -3.75. The van der Waals surface area contributed by atoms with Crippen molar-refractivity contribution in [1.29, 1.82) is 0 Å². The molecule has 1 aliphatic rings. The average Bonchev–Trinajstić information content (AvgIpc) is 2.60. The lowest BCUT2D eigenvalue weighted by molar-refractivity contribution is -0.137. The summed E-state index contributed by atoms with van der Waals surface area (Å²) in [5.74, 6) is -3.32. The third-order valence-electron chi connectivity index (χ3n) is 3.28. The van der Waals surface area contributed by atoms with Crippen molar-refractivity contribution in [3.8, 4) is 0 Å². The molecule has 4 N–H and O–H groups in total. The number of rotatable bonds is 7. The number of allylic oxidation sites excluding steroid dienone is 3. The van der Waals surface area contributed by atoms with Gasteiger partial charge in [-0.15, -0.1) is 0 Å². The first-order chi connectivity index (χ1) is 12.4. The number of aliphatic carboxylic acids is 2. The average molecular weight is 357 g/mol. The first-order valence-corrected chi connectivity index (χ1v) is 7.48. The Morgan fingerprint density at radius 3 is 2.35 bits per heavy atom. The topological polar surface area (TPSA) is 145 Å². The van der Waals surface area contributed by atoms with Gasteiger partial charge in [-0.05, 0) is 42.5 Å². The molecule has 1 amide bonds. The maximum absolute atomic E-state index is 11.8. The van der Waals surface area contributed by atoms with E-state index in [1.807, 2.05) is 0 Å². The molecule has 9 nitrogen and oxygen atoms in total. The minimum Gasteiger partial charge on any atom is -0.481 e. The zero-order chi connectivity index (χ0) is 19.1. The van der Waals surface area contributed by atoms with E-state index in [0.29, 0.717) is 11.3 Å². The van der Waals surface area contributed by atoms with Crippen molar-refractivity contribution in [2.24, 2.45) is 5.10 Å². The predicted molar refractivity (Wildman–Crippen MR) is 92.0 cm³/mol. The van der Waals surface area contributed by atoms with Crippen LogP contribution in [0.4, 0.5) is 5.69 Å².